The molecule has 1 atom stereocenters. The van der Waals surface area contributed by atoms with Crippen LogP contribution in [0.1, 0.15) is 23.7 Å². The molecule has 0 N–H and O–H groups in total. The quantitative estimate of drug-likeness (QED) is 0.841. The van der Waals surface area contributed by atoms with Crippen LogP contribution in [-0.4, -0.2) is 49.5 Å². The summed E-state index contributed by atoms with van der Waals surface area (Å²) in [6.45, 7) is 5.08. The molecule has 20 heavy (non-hydrogen) atoms. The summed E-state index contributed by atoms with van der Waals surface area (Å²) < 4.78 is 17.3. The van der Waals surface area contributed by atoms with Crippen molar-refractivity contribution in [3.8, 4) is 5.75 Å². The molecule has 1 unspecified atom stereocenters. The van der Waals surface area contributed by atoms with Gasteiger partial charge in [-0.15, -0.1) is 0 Å². The normalized spacial score (nSPS) is 26.9. The van der Waals surface area contributed by atoms with Crippen LogP contribution in [0.3, 0.4) is 0 Å². The van der Waals surface area contributed by atoms with Crippen molar-refractivity contribution in [1.82, 2.24) is 4.90 Å². The van der Waals surface area contributed by atoms with Gasteiger partial charge in [0.05, 0.1) is 25.2 Å². The molecule has 1 aromatic carbocycles. The molecule has 5 heteroatoms. The van der Waals surface area contributed by atoms with Gasteiger partial charge in [0, 0.05) is 19.7 Å². The number of para-hydroxylation sites is 1. The Labute approximate surface area is 118 Å². The molecule has 1 aromatic rings. The molecule has 1 saturated heterocycles. The second kappa shape index (κ2) is 5.52. The number of carbonyl (C=O) groups excluding carboxylic acids is 1. The van der Waals surface area contributed by atoms with Crippen molar-refractivity contribution in [2.45, 2.75) is 19.3 Å². The fourth-order valence-corrected chi connectivity index (χ4v) is 2.77. The standard InChI is InChI=1S/C15H19NO4/c1-2-19-15(16-7-9-18-10-8-16)11-13(17)12-5-3-4-6-14(12)20-15/h3-6H,2,7-11H2,1H3. The first kappa shape index (κ1) is 13.5. The Kier molecular flexibility index (Phi) is 3.74. The van der Waals surface area contributed by atoms with Gasteiger partial charge in [-0.3, -0.25) is 4.79 Å². The number of benzene rings is 1. The van der Waals surface area contributed by atoms with E-state index in [9.17, 15) is 4.79 Å². The number of fused-ring (bicyclic) bond motifs is 1. The lowest BCUT2D eigenvalue weighted by molar-refractivity contribution is -0.283. The Balaban J connectivity index is 1.94. The molecule has 0 aromatic heterocycles. The van der Waals surface area contributed by atoms with E-state index >= 15 is 0 Å². The summed E-state index contributed by atoms with van der Waals surface area (Å²) >= 11 is 0. The van der Waals surface area contributed by atoms with E-state index in [1.807, 2.05) is 25.1 Å². The van der Waals surface area contributed by atoms with Gasteiger partial charge in [0.2, 0.25) is 0 Å². The lowest BCUT2D eigenvalue weighted by Crippen LogP contribution is -2.61. The van der Waals surface area contributed by atoms with E-state index in [0.29, 0.717) is 44.2 Å². The smallest absolute Gasteiger partial charge is 0.280 e. The zero-order chi connectivity index (χ0) is 14.0. The maximum absolute atomic E-state index is 12.4. The third-order valence-corrected chi connectivity index (χ3v) is 3.70. The van der Waals surface area contributed by atoms with Crippen molar-refractivity contribution in [2.24, 2.45) is 0 Å². The van der Waals surface area contributed by atoms with Crippen LogP contribution in [-0.2, 0) is 9.47 Å². The van der Waals surface area contributed by atoms with Crippen LogP contribution in [0.25, 0.3) is 0 Å². The van der Waals surface area contributed by atoms with Gasteiger partial charge in [0.15, 0.2) is 5.78 Å². The summed E-state index contributed by atoms with van der Waals surface area (Å²) in [4.78, 5) is 14.5. The predicted octanol–water partition coefficient (Wildman–Crippen LogP) is 1.67. The minimum absolute atomic E-state index is 0.0618. The molecule has 2 heterocycles. The molecular weight excluding hydrogens is 258 g/mol. The summed E-state index contributed by atoms with van der Waals surface area (Å²) in [5.41, 5.74) is 0.635. The highest BCUT2D eigenvalue weighted by molar-refractivity contribution is 6.00. The number of hydrogen-bond donors (Lipinski definition) is 0. The highest BCUT2D eigenvalue weighted by Gasteiger charge is 2.46. The van der Waals surface area contributed by atoms with Crippen LogP contribution in [0.5, 0.6) is 5.75 Å². The number of nitrogens with zero attached hydrogens (tertiary/aromatic N) is 1. The van der Waals surface area contributed by atoms with Crippen molar-refractivity contribution in [3.63, 3.8) is 0 Å². The fraction of sp³-hybridized carbons (Fsp3) is 0.533. The van der Waals surface area contributed by atoms with E-state index in [1.165, 1.54) is 0 Å². The van der Waals surface area contributed by atoms with Crippen LogP contribution in [0.15, 0.2) is 24.3 Å². The van der Waals surface area contributed by atoms with Gasteiger partial charge < -0.3 is 14.2 Å². The maximum atomic E-state index is 12.4. The maximum Gasteiger partial charge on any atom is 0.280 e. The third kappa shape index (κ3) is 2.32. The highest BCUT2D eigenvalue weighted by Crippen LogP contribution is 2.36. The minimum Gasteiger partial charge on any atom is -0.447 e. The largest absolute Gasteiger partial charge is 0.447 e. The molecular formula is C15H19NO4. The van der Waals surface area contributed by atoms with Crippen LogP contribution in [0.2, 0.25) is 0 Å². The molecule has 5 nitrogen and oxygen atoms in total. The zero-order valence-electron chi connectivity index (χ0n) is 11.6. The molecule has 0 saturated carbocycles. The monoisotopic (exact) mass is 277 g/mol. The van der Waals surface area contributed by atoms with E-state index in [1.54, 1.807) is 6.07 Å². The number of morpholine rings is 1. The third-order valence-electron chi connectivity index (χ3n) is 3.70. The second-order valence-electron chi connectivity index (χ2n) is 4.94. The first-order valence-electron chi connectivity index (χ1n) is 7.03. The first-order chi connectivity index (χ1) is 9.75. The van der Waals surface area contributed by atoms with Gasteiger partial charge in [0.25, 0.3) is 5.91 Å². The summed E-state index contributed by atoms with van der Waals surface area (Å²) in [5, 5.41) is 0. The number of ether oxygens (including phenoxy) is 3. The molecule has 3 rings (SSSR count). The van der Waals surface area contributed by atoms with Gasteiger partial charge in [-0.05, 0) is 19.1 Å². The second-order valence-corrected chi connectivity index (χ2v) is 4.94. The highest BCUT2D eigenvalue weighted by atomic mass is 16.7. The van der Waals surface area contributed by atoms with Gasteiger partial charge >= 0.3 is 0 Å². The van der Waals surface area contributed by atoms with E-state index in [-0.39, 0.29) is 12.2 Å². The predicted molar refractivity (Wildman–Crippen MR) is 72.8 cm³/mol. The van der Waals surface area contributed by atoms with Crippen LogP contribution in [0, 0.1) is 0 Å². The van der Waals surface area contributed by atoms with E-state index in [4.69, 9.17) is 14.2 Å². The van der Waals surface area contributed by atoms with Crippen molar-refractivity contribution in [1.29, 1.82) is 0 Å². The Hall–Kier alpha value is -1.43. The van der Waals surface area contributed by atoms with Crippen LogP contribution >= 0.6 is 0 Å². The number of ketones is 1. The zero-order valence-corrected chi connectivity index (χ0v) is 11.6. The summed E-state index contributed by atoms with van der Waals surface area (Å²) in [7, 11) is 0. The van der Waals surface area contributed by atoms with E-state index in [2.05, 4.69) is 4.90 Å². The lowest BCUT2D eigenvalue weighted by Gasteiger charge is -2.45. The summed E-state index contributed by atoms with van der Waals surface area (Å²) in [6, 6.07) is 7.34. The van der Waals surface area contributed by atoms with Crippen molar-refractivity contribution in [2.75, 3.05) is 32.9 Å². The van der Waals surface area contributed by atoms with Gasteiger partial charge in [0.1, 0.15) is 5.75 Å². The van der Waals surface area contributed by atoms with Gasteiger partial charge in [-0.25, -0.2) is 4.90 Å². The minimum atomic E-state index is -0.982. The Morgan fingerprint density at radius 3 is 2.80 bits per heavy atom. The molecule has 0 spiro atoms. The Morgan fingerprint density at radius 1 is 1.30 bits per heavy atom. The lowest BCUT2D eigenvalue weighted by atomic mass is 10.0. The van der Waals surface area contributed by atoms with Crippen LogP contribution in [0.4, 0.5) is 0 Å². The summed E-state index contributed by atoms with van der Waals surface area (Å²) in [6.07, 6.45) is 0.220. The molecule has 2 aliphatic rings. The molecule has 0 amide bonds. The van der Waals surface area contributed by atoms with Gasteiger partial charge in [-0.2, -0.15) is 0 Å². The molecule has 0 aliphatic carbocycles. The Bertz CT molecular complexity index is 498. The number of Topliss-reactive ketones (excluding diaryl/α,β-unsaturated/α-hetero) is 1. The van der Waals surface area contributed by atoms with Crippen molar-refractivity contribution >= 4 is 5.78 Å². The molecule has 1 fully saturated rings. The Morgan fingerprint density at radius 2 is 2.05 bits per heavy atom. The number of hydrogen-bond acceptors (Lipinski definition) is 5. The van der Waals surface area contributed by atoms with Gasteiger partial charge in [-0.1, -0.05) is 12.1 Å². The molecule has 108 valence electrons. The summed E-state index contributed by atoms with van der Waals surface area (Å²) in [5.74, 6) is -0.320. The van der Waals surface area contributed by atoms with Crippen LogP contribution < -0.4 is 4.74 Å². The average molecular weight is 277 g/mol. The molecule has 0 radical (unpaired) electrons. The average Bonchev–Trinajstić information content (AvgIpc) is 2.48. The van der Waals surface area contributed by atoms with E-state index < -0.39 is 5.91 Å². The fourth-order valence-electron chi connectivity index (χ4n) is 2.77. The van der Waals surface area contributed by atoms with Crippen molar-refractivity contribution < 1.29 is 19.0 Å². The SMILES string of the molecule is CCOC1(N2CCOCC2)CC(=O)c2ccccc2O1. The van der Waals surface area contributed by atoms with Crippen molar-refractivity contribution in [3.05, 3.63) is 29.8 Å². The molecule has 2 aliphatic heterocycles. The number of rotatable bonds is 3. The molecule has 0 bridgehead atoms. The van der Waals surface area contributed by atoms with E-state index in [0.717, 1.165) is 0 Å². The number of carbonyl (C=O) groups is 1. The topological polar surface area (TPSA) is 48.0 Å². The first-order valence-corrected chi connectivity index (χ1v) is 7.03.